The number of aryl methyl sites for hydroxylation is 2. The number of aromatic nitrogens is 1. The SMILES string of the molecule is CCCc1ncc(-c2ccc(C)s2)s1. The summed E-state index contributed by atoms with van der Waals surface area (Å²) < 4.78 is 0. The monoisotopic (exact) mass is 223 g/mol. The van der Waals surface area contributed by atoms with Crippen LogP contribution in [0, 0.1) is 6.92 Å². The molecule has 0 saturated heterocycles. The van der Waals surface area contributed by atoms with Gasteiger partial charge >= 0.3 is 0 Å². The van der Waals surface area contributed by atoms with Crippen LogP contribution in [0.4, 0.5) is 0 Å². The van der Waals surface area contributed by atoms with Crippen LogP contribution < -0.4 is 0 Å². The van der Waals surface area contributed by atoms with Gasteiger partial charge in [-0.15, -0.1) is 22.7 Å². The first kappa shape index (κ1) is 9.87. The summed E-state index contributed by atoms with van der Waals surface area (Å²) in [6.45, 7) is 4.33. The van der Waals surface area contributed by atoms with Crippen LogP contribution in [0.1, 0.15) is 23.2 Å². The first-order valence-electron chi connectivity index (χ1n) is 4.81. The second-order valence-electron chi connectivity index (χ2n) is 3.28. The maximum Gasteiger partial charge on any atom is 0.0931 e. The summed E-state index contributed by atoms with van der Waals surface area (Å²) >= 11 is 3.67. The van der Waals surface area contributed by atoms with Gasteiger partial charge in [-0.05, 0) is 31.9 Å². The Balaban J connectivity index is 2.24. The Morgan fingerprint density at radius 1 is 1.21 bits per heavy atom. The Labute approximate surface area is 92.4 Å². The molecule has 74 valence electrons. The minimum absolute atomic E-state index is 1.11. The Bertz CT molecular complexity index is 414. The molecule has 2 aromatic rings. The molecule has 0 aliphatic heterocycles. The van der Waals surface area contributed by atoms with Crippen LogP contribution in [-0.2, 0) is 6.42 Å². The van der Waals surface area contributed by atoms with E-state index in [9.17, 15) is 0 Å². The third-order valence-corrected chi connectivity index (χ3v) is 4.25. The standard InChI is InChI=1S/C11H13NS2/c1-3-4-11-12-7-10(14-11)9-6-5-8(2)13-9/h5-7H,3-4H2,1-2H3. The molecule has 1 nitrogen and oxygen atoms in total. The van der Waals surface area contributed by atoms with Crippen molar-refractivity contribution in [3.63, 3.8) is 0 Å². The molecule has 0 fully saturated rings. The van der Waals surface area contributed by atoms with E-state index in [1.165, 1.54) is 26.1 Å². The minimum Gasteiger partial charge on any atom is -0.249 e. The van der Waals surface area contributed by atoms with Gasteiger partial charge in [0.2, 0.25) is 0 Å². The zero-order chi connectivity index (χ0) is 9.97. The second-order valence-corrected chi connectivity index (χ2v) is 5.68. The van der Waals surface area contributed by atoms with Gasteiger partial charge in [-0.25, -0.2) is 4.98 Å². The van der Waals surface area contributed by atoms with E-state index < -0.39 is 0 Å². The van der Waals surface area contributed by atoms with Gasteiger partial charge in [-0.2, -0.15) is 0 Å². The summed E-state index contributed by atoms with van der Waals surface area (Å²) in [5.74, 6) is 0. The van der Waals surface area contributed by atoms with Crippen LogP contribution >= 0.6 is 22.7 Å². The van der Waals surface area contributed by atoms with Crippen molar-refractivity contribution in [1.29, 1.82) is 0 Å². The molecular formula is C11H13NS2. The molecule has 2 rings (SSSR count). The molecule has 0 unspecified atom stereocenters. The quantitative estimate of drug-likeness (QED) is 0.762. The van der Waals surface area contributed by atoms with Gasteiger partial charge in [0.1, 0.15) is 0 Å². The van der Waals surface area contributed by atoms with Crippen molar-refractivity contribution in [2.24, 2.45) is 0 Å². The second kappa shape index (κ2) is 4.24. The van der Waals surface area contributed by atoms with Crippen LogP contribution in [0.2, 0.25) is 0 Å². The number of hydrogen-bond acceptors (Lipinski definition) is 3. The third-order valence-electron chi connectivity index (χ3n) is 2.00. The fraction of sp³-hybridized carbons (Fsp3) is 0.364. The molecule has 0 aliphatic rings. The average molecular weight is 223 g/mol. The molecule has 0 amide bonds. The fourth-order valence-corrected chi connectivity index (χ4v) is 3.28. The van der Waals surface area contributed by atoms with Crippen LogP contribution in [0.3, 0.4) is 0 Å². The summed E-state index contributed by atoms with van der Waals surface area (Å²) in [5.41, 5.74) is 0. The van der Waals surface area contributed by atoms with Gasteiger partial charge in [0.25, 0.3) is 0 Å². The molecule has 0 aliphatic carbocycles. The Hall–Kier alpha value is -0.670. The van der Waals surface area contributed by atoms with Crippen molar-refractivity contribution in [2.75, 3.05) is 0 Å². The van der Waals surface area contributed by atoms with Crippen molar-refractivity contribution >= 4 is 22.7 Å². The lowest BCUT2D eigenvalue weighted by molar-refractivity contribution is 0.909. The molecule has 0 saturated carbocycles. The summed E-state index contributed by atoms with van der Waals surface area (Å²) in [7, 11) is 0. The predicted octanol–water partition coefficient (Wildman–Crippen LogP) is 4.13. The molecule has 14 heavy (non-hydrogen) atoms. The first-order chi connectivity index (χ1) is 6.79. The summed E-state index contributed by atoms with van der Waals surface area (Å²) in [6, 6.07) is 4.35. The highest BCUT2D eigenvalue weighted by molar-refractivity contribution is 7.21. The molecular weight excluding hydrogens is 210 g/mol. The Morgan fingerprint density at radius 3 is 2.71 bits per heavy atom. The molecule has 0 radical (unpaired) electrons. The molecule has 0 atom stereocenters. The average Bonchev–Trinajstić information content (AvgIpc) is 2.74. The van der Waals surface area contributed by atoms with Crippen molar-refractivity contribution in [3.05, 3.63) is 28.2 Å². The summed E-state index contributed by atoms with van der Waals surface area (Å²) in [4.78, 5) is 8.44. The molecule has 2 aromatic heterocycles. The molecule has 0 bridgehead atoms. The number of nitrogens with zero attached hydrogens (tertiary/aromatic N) is 1. The van der Waals surface area contributed by atoms with Crippen LogP contribution in [0.25, 0.3) is 9.75 Å². The van der Waals surface area contributed by atoms with E-state index in [2.05, 4.69) is 31.0 Å². The van der Waals surface area contributed by atoms with E-state index in [1.54, 1.807) is 0 Å². The zero-order valence-corrected chi connectivity index (χ0v) is 10.0. The van der Waals surface area contributed by atoms with Crippen LogP contribution in [0.15, 0.2) is 18.3 Å². The van der Waals surface area contributed by atoms with Crippen LogP contribution in [-0.4, -0.2) is 4.98 Å². The third kappa shape index (κ3) is 2.04. The molecule has 0 aromatic carbocycles. The predicted molar refractivity (Wildman–Crippen MR) is 64.2 cm³/mol. The van der Waals surface area contributed by atoms with Crippen LogP contribution in [0.5, 0.6) is 0 Å². The van der Waals surface area contributed by atoms with E-state index in [1.807, 2.05) is 28.9 Å². The van der Waals surface area contributed by atoms with Gasteiger partial charge in [-0.3, -0.25) is 0 Å². The summed E-state index contributed by atoms with van der Waals surface area (Å²) in [6.07, 6.45) is 4.28. The van der Waals surface area contributed by atoms with E-state index in [-0.39, 0.29) is 0 Å². The lowest BCUT2D eigenvalue weighted by Crippen LogP contribution is -1.76. The van der Waals surface area contributed by atoms with Gasteiger partial charge in [0.15, 0.2) is 0 Å². The lowest BCUT2D eigenvalue weighted by atomic mass is 10.4. The smallest absolute Gasteiger partial charge is 0.0931 e. The number of hydrogen-bond donors (Lipinski definition) is 0. The zero-order valence-electron chi connectivity index (χ0n) is 8.41. The normalized spacial score (nSPS) is 10.7. The van der Waals surface area contributed by atoms with E-state index in [4.69, 9.17) is 0 Å². The summed E-state index contributed by atoms with van der Waals surface area (Å²) in [5, 5.41) is 1.26. The van der Waals surface area contributed by atoms with Crippen molar-refractivity contribution < 1.29 is 0 Å². The number of rotatable bonds is 3. The topological polar surface area (TPSA) is 12.9 Å². The van der Waals surface area contributed by atoms with E-state index in [0.717, 1.165) is 6.42 Å². The van der Waals surface area contributed by atoms with E-state index >= 15 is 0 Å². The maximum absolute atomic E-state index is 4.42. The highest BCUT2D eigenvalue weighted by Gasteiger charge is 2.05. The number of thiophene rings is 1. The number of thiazole rings is 1. The lowest BCUT2D eigenvalue weighted by Gasteiger charge is -1.88. The molecule has 2 heterocycles. The molecule has 3 heteroatoms. The minimum atomic E-state index is 1.11. The van der Waals surface area contributed by atoms with Gasteiger partial charge < -0.3 is 0 Å². The van der Waals surface area contributed by atoms with Gasteiger partial charge in [-0.1, -0.05) is 6.92 Å². The Kier molecular flexibility index (Phi) is 2.99. The van der Waals surface area contributed by atoms with Gasteiger partial charge in [0, 0.05) is 16.0 Å². The van der Waals surface area contributed by atoms with Crippen molar-refractivity contribution in [3.8, 4) is 9.75 Å². The van der Waals surface area contributed by atoms with Crippen molar-refractivity contribution in [1.82, 2.24) is 4.98 Å². The van der Waals surface area contributed by atoms with Crippen molar-refractivity contribution in [2.45, 2.75) is 26.7 Å². The highest BCUT2D eigenvalue weighted by atomic mass is 32.1. The Morgan fingerprint density at radius 2 is 2.07 bits per heavy atom. The molecule has 0 spiro atoms. The molecule has 0 N–H and O–H groups in total. The maximum atomic E-state index is 4.42. The fourth-order valence-electron chi connectivity index (χ4n) is 1.32. The van der Waals surface area contributed by atoms with E-state index in [0.29, 0.717) is 0 Å². The highest BCUT2D eigenvalue weighted by Crippen LogP contribution is 2.32. The first-order valence-corrected chi connectivity index (χ1v) is 6.44. The van der Waals surface area contributed by atoms with Gasteiger partial charge in [0.05, 0.1) is 9.88 Å². The largest absolute Gasteiger partial charge is 0.249 e.